The van der Waals surface area contributed by atoms with E-state index in [-0.39, 0.29) is 12.1 Å². The van der Waals surface area contributed by atoms with Crippen LogP contribution in [0.1, 0.15) is 28.3 Å². The van der Waals surface area contributed by atoms with E-state index < -0.39 is 0 Å². The van der Waals surface area contributed by atoms with Crippen molar-refractivity contribution in [2.75, 3.05) is 31.1 Å². The first kappa shape index (κ1) is 21.5. The van der Waals surface area contributed by atoms with Crippen LogP contribution in [0.3, 0.4) is 0 Å². The molecule has 1 aliphatic heterocycles. The molecule has 4 aromatic rings. The van der Waals surface area contributed by atoms with E-state index in [1.165, 1.54) is 15.8 Å². The third-order valence-corrected chi connectivity index (χ3v) is 7.53. The topological polar surface area (TPSA) is 48.5 Å². The van der Waals surface area contributed by atoms with Crippen molar-refractivity contribution in [2.45, 2.75) is 19.9 Å². The predicted molar refractivity (Wildman–Crippen MR) is 136 cm³/mol. The quantitative estimate of drug-likeness (QED) is 0.439. The Morgan fingerprint density at radius 2 is 1.48 bits per heavy atom. The summed E-state index contributed by atoms with van der Waals surface area (Å²) < 4.78 is 1.22. The SMILES string of the molecule is Cc1ccc2sc(N3CCN(C(=O)NC(c4ccccc4)c4ccccc4)CC3)nc2c1C. The second kappa shape index (κ2) is 9.24. The van der Waals surface area contributed by atoms with Crippen molar-refractivity contribution in [3.8, 4) is 0 Å². The fourth-order valence-corrected chi connectivity index (χ4v) is 5.39. The summed E-state index contributed by atoms with van der Waals surface area (Å²) in [7, 11) is 0. The van der Waals surface area contributed by atoms with Crippen LogP contribution < -0.4 is 10.2 Å². The van der Waals surface area contributed by atoms with Gasteiger partial charge in [0.15, 0.2) is 5.13 Å². The maximum atomic E-state index is 13.2. The number of benzene rings is 3. The molecule has 1 N–H and O–H groups in total. The summed E-state index contributed by atoms with van der Waals surface area (Å²) in [6.45, 7) is 7.19. The van der Waals surface area contributed by atoms with Crippen molar-refractivity contribution in [1.29, 1.82) is 0 Å². The summed E-state index contributed by atoms with van der Waals surface area (Å²) in [6.07, 6.45) is 0. The smallest absolute Gasteiger partial charge is 0.318 e. The molecule has 3 aromatic carbocycles. The molecule has 0 spiro atoms. The fraction of sp³-hybridized carbons (Fsp3) is 0.259. The number of aromatic nitrogens is 1. The van der Waals surface area contributed by atoms with Gasteiger partial charge in [0.25, 0.3) is 0 Å². The van der Waals surface area contributed by atoms with Crippen LogP contribution in [-0.4, -0.2) is 42.1 Å². The Morgan fingerprint density at radius 3 is 2.09 bits per heavy atom. The highest BCUT2D eigenvalue weighted by Crippen LogP contribution is 2.32. The molecular weight excluding hydrogens is 428 g/mol. The van der Waals surface area contributed by atoms with Crippen LogP contribution >= 0.6 is 11.3 Å². The van der Waals surface area contributed by atoms with Crippen LogP contribution in [-0.2, 0) is 0 Å². The number of carbonyl (C=O) groups is 1. The highest BCUT2D eigenvalue weighted by atomic mass is 32.1. The summed E-state index contributed by atoms with van der Waals surface area (Å²) in [5.41, 5.74) is 5.78. The van der Waals surface area contributed by atoms with Gasteiger partial charge in [-0.15, -0.1) is 0 Å². The van der Waals surface area contributed by atoms with Crippen molar-refractivity contribution < 1.29 is 4.79 Å². The molecule has 5 nitrogen and oxygen atoms in total. The summed E-state index contributed by atoms with van der Waals surface area (Å²) >= 11 is 1.74. The Bertz CT molecular complexity index is 1210. The molecule has 168 valence electrons. The molecule has 0 atom stereocenters. The molecule has 1 saturated heterocycles. The van der Waals surface area contributed by atoms with E-state index in [1.807, 2.05) is 41.3 Å². The van der Waals surface area contributed by atoms with Crippen molar-refractivity contribution in [3.63, 3.8) is 0 Å². The number of thiazole rings is 1. The molecule has 1 fully saturated rings. The van der Waals surface area contributed by atoms with E-state index in [4.69, 9.17) is 4.98 Å². The number of anilines is 1. The van der Waals surface area contributed by atoms with Gasteiger partial charge in [-0.2, -0.15) is 0 Å². The zero-order chi connectivity index (χ0) is 22.8. The molecule has 0 unspecified atom stereocenters. The Hall–Kier alpha value is -3.38. The average Bonchev–Trinajstić information content (AvgIpc) is 3.31. The Balaban J connectivity index is 1.28. The molecule has 5 rings (SSSR count). The molecule has 0 bridgehead atoms. The zero-order valence-corrected chi connectivity index (χ0v) is 19.8. The van der Waals surface area contributed by atoms with Gasteiger partial charge in [0, 0.05) is 26.2 Å². The molecule has 0 aliphatic carbocycles. The second-order valence-electron chi connectivity index (χ2n) is 8.53. The lowest BCUT2D eigenvalue weighted by Gasteiger charge is -2.35. The standard InChI is InChI=1S/C27H28N4OS/c1-19-13-14-23-24(20(19)2)29-27(33-23)31-17-15-30(16-18-31)26(32)28-25(21-9-5-3-6-10-21)22-11-7-4-8-12-22/h3-14,25H,15-18H2,1-2H3,(H,28,32). The van der Waals surface area contributed by atoms with Crippen molar-refractivity contribution >= 4 is 32.7 Å². The highest BCUT2D eigenvalue weighted by Gasteiger charge is 2.26. The number of rotatable bonds is 4. The largest absolute Gasteiger partial charge is 0.345 e. The van der Waals surface area contributed by atoms with Gasteiger partial charge in [-0.05, 0) is 42.2 Å². The fourth-order valence-electron chi connectivity index (χ4n) is 4.32. The normalized spacial score (nSPS) is 14.2. The number of urea groups is 1. The number of hydrogen-bond acceptors (Lipinski definition) is 4. The average molecular weight is 457 g/mol. The third kappa shape index (κ3) is 4.44. The van der Waals surface area contributed by atoms with Gasteiger partial charge in [-0.25, -0.2) is 9.78 Å². The summed E-state index contributed by atoms with van der Waals surface area (Å²) in [5, 5.41) is 4.31. The first-order valence-electron chi connectivity index (χ1n) is 11.4. The van der Waals surface area contributed by atoms with Gasteiger partial charge >= 0.3 is 6.03 Å². The van der Waals surface area contributed by atoms with E-state index in [0.29, 0.717) is 13.1 Å². The van der Waals surface area contributed by atoms with Crippen LogP contribution in [0.25, 0.3) is 10.2 Å². The van der Waals surface area contributed by atoms with Crippen LogP contribution in [0.5, 0.6) is 0 Å². The highest BCUT2D eigenvalue weighted by molar-refractivity contribution is 7.22. The monoisotopic (exact) mass is 456 g/mol. The zero-order valence-electron chi connectivity index (χ0n) is 19.0. The molecule has 33 heavy (non-hydrogen) atoms. The molecule has 0 saturated carbocycles. The summed E-state index contributed by atoms with van der Waals surface area (Å²) in [4.78, 5) is 22.3. The molecule has 1 aliphatic rings. The maximum Gasteiger partial charge on any atom is 0.318 e. The molecule has 6 heteroatoms. The molecular formula is C27H28N4OS. The van der Waals surface area contributed by atoms with Crippen molar-refractivity contribution in [1.82, 2.24) is 15.2 Å². The first-order chi connectivity index (χ1) is 16.1. The first-order valence-corrected chi connectivity index (χ1v) is 12.2. The molecule has 2 amide bonds. The minimum atomic E-state index is -0.173. The number of nitrogens with zero attached hydrogens (tertiary/aromatic N) is 3. The van der Waals surface area contributed by atoms with Gasteiger partial charge in [0.2, 0.25) is 0 Å². The molecule has 1 aromatic heterocycles. The second-order valence-corrected chi connectivity index (χ2v) is 9.54. The minimum absolute atomic E-state index is 0.0249. The summed E-state index contributed by atoms with van der Waals surface area (Å²) in [6, 6.07) is 24.4. The number of piperazine rings is 1. The predicted octanol–water partition coefficient (Wildman–Crippen LogP) is 5.53. The molecule has 0 radical (unpaired) electrons. The van der Waals surface area contributed by atoms with Crippen LogP contribution in [0.15, 0.2) is 72.8 Å². The van der Waals surface area contributed by atoms with Crippen LogP contribution in [0.4, 0.5) is 9.93 Å². The lowest BCUT2D eigenvalue weighted by Crippen LogP contribution is -2.52. The Labute approximate surface area is 198 Å². The van der Waals surface area contributed by atoms with Gasteiger partial charge in [0.05, 0.1) is 16.3 Å². The number of carbonyl (C=O) groups excluding carboxylic acids is 1. The van der Waals surface area contributed by atoms with Gasteiger partial charge in [-0.3, -0.25) is 0 Å². The van der Waals surface area contributed by atoms with E-state index in [9.17, 15) is 4.79 Å². The van der Waals surface area contributed by atoms with Crippen LogP contribution in [0.2, 0.25) is 0 Å². The van der Waals surface area contributed by atoms with E-state index in [1.54, 1.807) is 11.3 Å². The van der Waals surface area contributed by atoms with E-state index >= 15 is 0 Å². The number of aryl methyl sites for hydroxylation is 2. The van der Waals surface area contributed by atoms with Gasteiger partial charge in [0.1, 0.15) is 0 Å². The number of amides is 2. The van der Waals surface area contributed by atoms with Crippen molar-refractivity contribution in [3.05, 3.63) is 95.1 Å². The molecule has 2 heterocycles. The lowest BCUT2D eigenvalue weighted by molar-refractivity contribution is 0.192. The van der Waals surface area contributed by atoms with Crippen molar-refractivity contribution in [2.24, 2.45) is 0 Å². The Kier molecular flexibility index (Phi) is 6.01. The van der Waals surface area contributed by atoms with Gasteiger partial charge < -0.3 is 15.1 Å². The number of hydrogen-bond donors (Lipinski definition) is 1. The number of nitrogens with one attached hydrogen (secondary N) is 1. The van der Waals surface area contributed by atoms with Gasteiger partial charge in [-0.1, -0.05) is 78.1 Å². The van der Waals surface area contributed by atoms with E-state index in [0.717, 1.165) is 34.9 Å². The third-order valence-electron chi connectivity index (χ3n) is 6.44. The van der Waals surface area contributed by atoms with E-state index in [2.05, 4.69) is 60.5 Å². The maximum absolute atomic E-state index is 13.2. The minimum Gasteiger partial charge on any atom is -0.345 e. The lowest BCUT2D eigenvalue weighted by atomic mass is 9.99. The Morgan fingerprint density at radius 1 is 0.879 bits per heavy atom. The van der Waals surface area contributed by atoms with Crippen LogP contribution in [0, 0.1) is 13.8 Å². The summed E-state index contributed by atoms with van der Waals surface area (Å²) in [5.74, 6) is 0. The number of fused-ring (bicyclic) bond motifs is 1.